The zero-order chi connectivity index (χ0) is 23.2. The van der Waals surface area contributed by atoms with E-state index in [0.717, 1.165) is 50.6 Å². The average molecular weight is 453 g/mol. The van der Waals surface area contributed by atoms with Crippen LogP contribution in [0.25, 0.3) is 0 Å². The van der Waals surface area contributed by atoms with E-state index in [1.165, 1.54) is 11.1 Å². The topological polar surface area (TPSA) is 51.2 Å². The van der Waals surface area contributed by atoms with Crippen LogP contribution < -0.4 is 9.47 Å². The maximum Gasteiger partial charge on any atom is 0.252 e. The molecule has 33 heavy (non-hydrogen) atoms. The molecule has 3 aliphatic heterocycles. The van der Waals surface area contributed by atoms with Crippen LogP contribution in [-0.4, -0.2) is 61.7 Å². The van der Waals surface area contributed by atoms with Crippen molar-refractivity contribution in [3.05, 3.63) is 59.7 Å². The zero-order valence-electron chi connectivity index (χ0n) is 20.0. The molecule has 3 bridgehead atoms. The van der Waals surface area contributed by atoms with Crippen molar-refractivity contribution in [3.63, 3.8) is 0 Å². The number of fused-ring (bicyclic) bond motifs is 3. The smallest absolute Gasteiger partial charge is 0.252 e. The van der Waals surface area contributed by atoms with Crippen molar-refractivity contribution in [3.8, 4) is 11.5 Å². The number of carbonyl (C=O) groups excluding carboxylic acids is 1. The number of morpholine rings is 1. The molecule has 0 radical (unpaired) electrons. The second kappa shape index (κ2) is 11.0. The van der Waals surface area contributed by atoms with Crippen molar-refractivity contribution in [2.45, 2.75) is 45.4 Å². The summed E-state index contributed by atoms with van der Waals surface area (Å²) in [6, 6.07) is 16.6. The van der Waals surface area contributed by atoms with Crippen LogP contribution in [0.2, 0.25) is 0 Å². The zero-order valence-corrected chi connectivity index (χ0v) is 20.0. The van der Waals surface area contributed by atoms with Crippen LogP contribution in [0.5, 0.6) is 11.5 Å². The number of carbonyl (C=O) groups is 1. The number of nitrogens with zero attached hydrogens (tertiary/aromatic N) is 2. The third-order valence-corrected chi connectivity index (χ3v) is 6.17. The highest BCUT2D eigenvalue weighted by Gasteiger charge is 2.29. The highest BCUT2D eigenvalue weighted by molar-refractivity contribution is 5.81. The van der Waals surface area contributed by atoms with Crippen molar-refractivity contribution in [1.29, 1.82) is 0 Å². The summed E-state index contributed by atoms with van der Waals surface area (Å²) in [4.78, 5) is 16.5. The number of likely N-dealkylation sites (N-methyl/N-ethyl adjacent to an activating group) is 1. The van der Waals surface area contributed by atoms with Gasteiger partial charge in [0, 0.05) is 33.2 Å². The fourth-order valence-electron chi connectivity index (χ4n) is 4.55. The number of ether oxygens (including phenoxy) is 3. The summed E-state index contributed by atoms with van der Waals surface area (Å²) in [5.41, 5.74) is 2.58. The van der Waals surface area contributed by atoms with Crippen LogP contribution >= 0.6 is 0 Å². The molecule has 0 aromatic heterocycles. The molecule has 2 aromatic carbocycles. The van der Waals surface area contributed by atoms with Crippen molar-refractivity contribution in [2.75, 3.05) is 39.9 Å². The SMILES string of the molecule is CC(C)CN(C)C(=O)C1CN(Cc2ccccc2)CCO1.c1cc2c3cc1C(CCCO2)O3. The lowest BCUT2D eigenvalue weighted by Crippen LogP contribution is -2.50. The van der Waals surface area contributed by atoms with Gasteiger partial charge in [0.25, 0.3) is 5.91 Å². The molecule has 6 heteroatoms. The van der Waals surface area contributed by atoms with Gasteiger partial charge in [0.2, 0.25) is 0 Å². The summed E-state index contributed by atoms with van der Waals surface area (Å²) in [5, 5.41) is 0. The summed E-state index contributed by atoms with van der Waals surface area (Å²) in [6.45, 7) is 8.89. The maximum absolute atomic E-state index is 12.4. The van der Waals surface area contributed by atoms with Crippen molar-refractivity contribution in [1.82, 2.24) is 9.80 Å². The molecule has 2 atom stereocenters. The van der Waals surface area contributed by atoms with E-state index in [-0.39, 0.29) is 12.0 Å². The summed E-state index contributed by atoms with van der Waals surface area (Å²) in [7, 11) is 1.86. The van der Waals surface area contributed by atoms with Crippen LogP contribution in [0.4, 0.5) is 0 Å². The summed E-state index contributed by atoms with van der Waals surface area (Å²) in [6.07, 6.45) is 2.14. The van der Waals surface area contributed by atoms with Gasteiger partial charge in [0.1, 0.15) is 12.2 Å². The molecule has 0 saturated carbocycles. The Kier molecular flexibility index (Phi) is 7.89. The molecule has 178 valence electrons. The molecule has 1 amide bonds. The molecule has 2 aromatic rings. The molecule has 5 rings (SSSR count). The summed E-state index contributed by atoms with van der Waals surface area (Å²) < 4.78 is 16.9. The number of amides is 1. The third kappa shape index (κ3) is 6.27. The number of rotatable bonds is 5. The third-order valence-electron chi connectivity index (χ3n) is 6.17. The fourth-order valence-corrected chi connectivity index (χ4v) is 4.55. The molecule has 6 nitrogen and oxygen atoms in total. The van der Waals surface area contributed by atoms with Crippen LogP contribution in [0, 0.1) is 5.92 Å². The van der Waals surface area contributed by atoms with Crippen LogP contribution in [0.15, 0.2) is 48.5 Å². The highest BCUT2D eigenvalue weighted by Crippen LogP contribution is 2.42. The molecule has 0 aliphatic carbocycles. The van der Waals surface area contributed by atoms with Crippen LogP contribution in [0.3, 0.4) is 0 Å². The quantitative estimate of drug-likeness (QED) is 0.677. The van der Waals surface area contributed by atoms with E-state index in [1.54, 1.807) is 4.90 Å². The van der Waals surface area contributed by atoms with Gasteiger partial charge in [-0.15, -0.1) is 0 Å². The average Bonchev–Trinajstić information content (AvgIpc) is 3.19. The monoisotopic (exact) mass is 452 g/mol. The molecular weight excluding hydrogens is 416 g/mol. The summed E-state index contributed by atoms with van der Waals surface area (Å²) >= 11 is 0. The molecule has 1 fully saturated rings. The van der Waals surface area contributed by atoms with Gasteiger partial charge < -0.3 is 19.1 Å². The van der Waals surface area contributed by atoms with E-state index < -0.39 is 0 Å². The van der Waals surface area contributed by atoms with Gasteiger partial charge in [-0.1, -0.05) is 50.2 Å². The lowest BCUT2D eigenvalue weighted by molar-refractivity contribution is -0.148. The van der Waals surface area contributed by atoms with Gasteiger partial charge in [-0.2, -0.15) is 0 Å². The number of hydrogen-bond acceptors (Lipinski definition) is 5. The minimum Gasteiger partial charge on any atom is -0.490 e. The van der Waals surface area contributed by atoms with E-state index in [4.69, 9.17) is 14.2 Å². The lowest BCUT2D eigenvalue weighted by atomic mass is 10.1. The molecular formula is C27H36N2O4. The Hall–Kier alpha value is -2.57. The molecule has 2 unspecified atom stereocenters. The first kappa shape index (κ1) is 23.6. The summed E-state index contributed by atoms with van der Waals surface area (Å²) in [5.74, 6) is 2.41. The van der Waals surface area contributed by atoms with Gasteiger partial charge in [0.15, 0.2) is 11.5 Å². The van der Waals surface area contributed by atoms with Crippen molar-refractivity contribution in [2.24, 2.45) is 5.92 Å². The second-order valence-electron chi connectivity index (χ2n) is 9.50. The van der Waals surface area contributed by atoms with E-state index in [1.807, 2.05) is 19.2 Å². The van der Waals surface area contributed by atoms with E-state index in [9.17, 15) is 4.79 Å². The van der Waals surface area contributed by atoms with Crippen molar-refractivity contribution >= 4 is 5.91 Å². The molecule has 3 heterocycles. The Balaban J connectivity index is 0.000000180. The van der Waals surface area contributed by atoms with Gasteiger partial charge in [-0.3, -0.25) is 9.69 Å². The van der Waals surface area contributed by atoms with Crippen LogP contribution in [0.1, 0.15) is 43.9 Å². The second-order valence-corrected chi connectivity index (χ2v) is 9.50. The molecule has 0 spiro atoms. The van der Waals surface area contributed by atoms with E-state index in [0.29, 0.717) is 25.2 Å². The molecule has 0 N–H and O–H groups in total. The molecule has 3 aliphatic rings. The first-order valence-corrected chi connectivity index (χ1v) is 12.1. The predicted octanol–water partition coefficient (Wildman–Crippen LogP) is 4.29. The fraction of sp³-hybridized carbons (Fsp3) is 0.519. The maximum atomic E-state index is 12.4. The standard InChI is InChI=1S/C17H26N2O2.C10H10O2/c1-14(2)11-18(3)17(20)16-13-19(9-10-21-16)12-15-7-5-4-6-8-15;1-2-8-7-3-4-9(11-5-1)10(6-7)12-8/h4-8,14,16H,9-13H2,1-3H3;3-4,6,8H,1-2,5H2. The van der Waals surface area contributed by atoms with Gasteiger partial charge >= 0.3 is 0 Å². The Labute approximate surface area is 197 Å². The normalized spacial score (nSPS) is 21.3. The minimum atomic E-state index is -0.328. The Bertz CT molecular complexity index is 918. The van der Waals surface area contributed by atoms with E-state index >= 15 is 0 Å². The van der Waals surface area contributed by atoms with E-state index in [2.05, 4.69) is 55.1 Å². The van der Waals surface area contributed by atoms with Crippen molar-refractivity contribution < 1.29 is 19.0 Å². The van der Waals surface area contributed by atoms with Gasteiger partial charge in [-0.25, -0.2) is 0 Å². The largest absolute Gasteiger partial charge is 0.490 e. The first-order chi connectivity index (χ1) is 16.0. The number of benzene rings is 2. The van der Waals surface area contributed by atoms with Crippen LogP contribution in [-0.2, 0) is 16.1 Å². The minimum absolute atomic E-state index is 0.0986. The number of hydrogen-bond donors (Lipinski definition) is 0. The lowest BCUT2D eigenvalue weighted by Gasteiger charge is -2.34. The Morgan fingerprint density at radius 3 is 2.73 bits per heavy atom. The first-order valence-electron chi connectivity index (χ1n) is 12.1. The highest BCUT2D eigenvalue weighted by atomic mass is 16.5. The van der Waals surface area contributed by atoms with Gasteiger partial charge in [-0.05, 0) is 42.0 Å². The molecule has 1 saturated heterocycles. The predicted molar refractivity (Wildman–Crippen MR) is 128 cm³/mol. The Morgan fingerprint density at radius 2 is 1.94 bits per heavy atom. The van der Waals surface area contributed by atoms with Gasteiger partial charge in [0.05, 0.1) is 13.2 Å². The Morgan fingerprint density at radius 1 is 1.12 bits per heavy atom.